The van der Waals surface area contributed by atoms with E-state index in [2.05, 4.69) is 40.6 Å². The number of aromatic nitrogens is 1. The molecule has 0 saturated carbocycles. The summed E-state index contributed by atoms with van der Waals surface area (Å²) < 4.78 is 1.22. The van der Waals surface area contributed by atoms with Crippen molar-refractivity contribution in [3.8, 4) is 0 Å². The first kappa shape index (κ1) is 15.9. The number of hydrogen-bond donors (Lipinski definition) is 1. The molecule has 23 heavy (non-hydrogen) atoms. The summed E-state index contributed by atoms with van der Waals surface area (Å²) >= 11 is 7.19. The number of thiazole rings is 1. The molecule has 1 heterocycles. The van der Waals surface area contributed by atoms with E-state index in [1.165, 1.54) is 10.3 Å². The molecule has 0 bridgehead atoms. The van der Waals surface area contributed by atoms with Gasteiger partial charge in [0.2, 0.25) is 0 Å². The van der Waals surface area contributed by atoms with Gasteiger partial charge < -0.3 is 10.2 Å². The molecule has 0 unspecified atom stereocenters. The summed E-state index contributed by atoms with van der Waals surface area (Å²) in [6.45, 7) is 1.57. The van der Waals surface area contributed by atoms with Gasteiger partial charge in [-0.1, -0.05) is 42.5 Å². The number of rotatable bonds is 5. The van der Waals surface area contributed by atoms with Gasteiger partial charge in [0.1, 0.15) is 5.01 Å². The molecule has 0 spiro atoms. The molecule has 0 radical (unpaired) electrons. The molecule has 0 aliphatic heterocycles. The first-order valence-electron chi connectivity index (χ1n) is 7.60. The van der Waals surface area contributed by atoms with Gasteiger partial charge in [0, 0.05) is 13.6 Å². The second-order valence-electron chi connectivity index (χ2n) is 5.40. The standard InChI is InChI=1S/C18H19N3S2/c1-21(13-17-20-15-9-5-6-10-16(15)23-17)18(22)19-12-11-14-7-3-2-4-8-14/h2-10H,11-13H2,1H3,(H,19,22). The minimum absolute atomic E-state index is 0.733. The molecule has 2 aromatic carbocycles. The van der Waals surface area contributed by atoms with Gasteiger partial charge in [-0.15, -0.1) is 11.3 Å². The maximum atomic E-state index is 5.46. The van der Waals surface area contributed by atoms with Crippen molar-refractivity contribution in [2.45, 2.75) is 13.0 Å². The van der Waals surface area contributed by atoms with Crippen LogP contribution in [0, 0.1) is 0 Å². The van der Waals surface area contributed by atoms with Crippen molar-refractivity contribution >= 4 is 38.9 Å². The van der Waals surface area contributed by atoms with Gasteiger partial charge >= 0.3 is 0 Å². The van der Waals surface area contributed by atoms with E-state index in [0.29, 0.717) is 0 Å². The Labute approximate surface area is 146 Å². The molecular formula is C18H19N3S2. The molecule has 0 amide bonds. The van der Waals surface area contributed by atoms with Crippen molar-refractivity contribution in [3.05, 3.63) is 65.2 Å². The normalized spacial score (nSPS) is 10.7. The van der Waals surface area contributed by atoms with E-state index in [1.807, 2.05) is 36.2 Å². The molecule has 0 aliphatic rings. The van der Waals surface area contributed by atoms with Crippen molar-refractivity contribution in [1.82, 2.24) is 15.2 Å². The summed E-state index contributed by atoms with van der Waals surface area (Å²) in [5, 5.41) is 5.17. The van der Waals surface area contributed by atoms with E-state index in [9.17, 15) is 0 Å². The first-order valence-corrected chi connectivity index (χ1v) is 8.82. The smallest absolute Gasteiger partial charge is 0.169 e. The average molecular weight is 342 g/mol. The molecule has 0 atom stereocenters. The SMILES string of the molecule is CN(Cc1nc2ccccc2s1)C(=S)NCCc1ccccc1. The third-order valence-electron chi connectivity index (χ3n) is 3.59. The third-order valence-corrected chi connectivity index (χ3v) is 5.07. The quantitative estimate of drug-likeness (QED) is 0.714. The van der Waals surface area contributed by atoms with Gasteiger partial charge in [-0.2, -0.15) is 0 Å². The number of thiocarbonyl (C=S) groups is 1. The van der Waals surface area contributed by atoms with E-state index in [0.717, 1.165) is 35.1 Å². The Morgan fingerprint density at radius 1 is 1.13 bits per heavy atom. The Morgan fingerprint density at radius 2 is 1.87 bits per heavy atom. The number of nitrogens with zero attached hydrogens (tertiary/aromatic N) is 2. The van der Waals surface area contributed by atoms with E-state index >= 15 is 0 Å². The molecule has 1 aromatic heterocycles. The summed E-state index contributed by atoms with van der Waals surface area (Å²) in [6.07, 6.45) is 0.968. The summed E-state index contributed by atoms with van der Waals surface area (Å²) in [5.41, 5.74) is 2.38. The largest absolute Gasteiger partial charge is 0.362 e. The summed E-state index contributed by atoms with van der Waals surface area (Å²) in [7, 11) is 2.00. The van der Waals surface area contributed by atoms with Gasteiger partial charge in [0.25, 0.3) is 0 Å². The van der Waals surface area contributed by atoms with Crippen LogP contribution in [0.5, 0.6) is 0 Å². The topological polar surface area (TPSA) is 28.2 Å². The van der Waals surface area contributed by atoms with Crippen LogP contribution in [0.3, 0.4) is 0 Å². The van der Waals surface area contributed by atoms with Crippen molar-refractivity contribution in [2.75, 3.05) is 13.6 Å². The van der Waals surface area contributed by atoms with Gasteiger partial charge in [0.05, 0.1) is 16.8 Å². The van der Waals surface area contributed by atoms with Gasteiger partial charge in [0.15, 0.2) is 5.11 Å². The molecule has 1 N–H and O–H groups in total. The van der Waals surface area contributed by atoms with Gasteiger partial charge in [-0.3, -0.25) is 0 Å². The molecule has 3 aromatic rings. The number of fused-ring (bicyclic) bond motifs is 1. The fourth-order valence-corrected chi connectivity index (χ4v) is 3.54. The maximum Gasteiger partial charge on any atom is 0.169 e. The zero-order chi connectivity index (χ0) is 16.1. The summed E-state index contributed by atoms with van der Waals surface area (Å²) in [4.78, 5) is 6.69. The fourth-order valence-electron chi connectivity index (χ4n) is 2.36. The van der Waals surface area contributed by atoms with Crippen LogP contribution in [0.25, 0.3) is 10.2 Å². The van der Waals surface area contributed by atoms with Crippen LogP contribution in [-0.4, -0.2) is 28.6 Å². The minimum Gasteiger partial charge on any atom is -0.362 e. The Hall–Kier alpha value is -1.98. The summed E-state index contributed by atoms with van der Waals surface area (Å²) in [5.74, 6) is 0. The van der Waals surface area contributed by atoms with Crippen LogP contribution < -0.4 is 5.32 Å². The molecule has 0 saturated heterocycles. The van der Waals surface area contributed by atoms with E-state index in [-0.39, 0.29) is 0 Å². The third kappa shape index (κ3) is 4.27. The molecule has 5 heteroatoms. The molecular weight excluding hydrogens is 322 g/mol. The minimum atomic E-state index is 0.733. The van der Waals surface area contributed by atoms with E-state index < -0.39 is 0 Å². The van der Waals surface area contributed by atoms with Crippen molar-refractivity contribution in [2.24, 2.45) is 0 Å². The Morgan fingerprint density at radius 3 is 2.65 bits per heavy atom. The Balaban J connectivity index is 1.51. The Bertz CT molecular complexity index is 750. The highest BCUT2D eigenvalue weighted by Crippen LogP contribution is 2.22. The predicted octanol–water partition coefficient (Wildman–Crippen LogP) is 3.85. The van der Waals surface area contributed by atoms with Crippen LogP contribution >= 0.6 is 23.6 Å². The Kier molecular flexibility index (Phi) is 5.20. The van der Waals surface area contributed by atoms with Crippen molar-refractivity contribution < 1.29 is 0 Å². The lowest BCUT2D eigenvalue weighted by molar-refractivity contribution is 0.488. The molecule has 3 rings (SSSR count). The maximum absolute atomic E-state index is 5.46. The van der Waals surface area contributed by atoms with Crippen molar-refractivity contribution in [1.29, 1.82) is 0 Å². The lowest BCUT2D eigenvalue weighted by atomic mass is 10.1. The number of benzene rings is 2. The average Bonchev–Trinajstić information content (AvgIpc) is 2.98. The monoisotopic (exact) mass is 341 g/mol. The molecule has 3 nitrogen and oxygen atoms in total. The summed E-state index contributed by atoms with van der Waals surface area (Å²) in [6, 6.07) is 18.6. The highest BCUT2D eigenvalue weighted by atomic mass is 32.1. The predicted molar refractivity (Wildman–Crippen MR) is 102 cm³/mol. The number of nitrogens with one attached hydrogen (secondary N) is 1. The fraction of sp³-hybridized carbons (Fsp3) is 0.222. The van der Waals surface area contributed by atoms with Gasteiger partial charge in [-0.05, 0) is 36.3 Å². The number of hydrogen-bond acceptors (Lipinski definition) is 3. The zero-order valence-electron chi connectivity index (χ0n) is 13.0. The number of para-hydroxylation sites is 1. The second kappa shape index (κ2) is 7.53. The van der Waals surface area contributed by atoms with Gasteiger partial charge in [-0.25, -0.2) is 4.98 Å². The van der Waals surface area contributed by atoms with Crippen LogP contribution in [0.2, 0.25) is 0 Å². The second-order valence-corrected chi connectivity index (χ2v) is 6.90. The molecule has 0 fully saturated rings. The zero-order valence-corrected chi connectivity index (χ0v) is 14.7. The highest BCUT2D eigenvalue weighted by molar-refractivity contribution is 7.80. The first-order chi connectivity index (χ1) is 11.2. The van der Waals surface area contributed by atoms with E-state index in [4.69, 9.17) is 12.2 Å². The lowest BCUT2D eigenvalue weighted by Crippen LogP contribution is -2.37. The van der Waals surface area contributed by atoms with Crippen LogP contribution in [-0.2, 0) is 13.0 Å². The van der Waals surface area contributed by atoms with E-state index in [1.54, 1.807) is 11.3 Å². The van der Waals surface area contributed by atoms with Crippen molar-refractivity contribution in [3.63, 3.8) is 0 Å². The lowest BCUT2D eigenvalue weighted by Gasteiger charge is -2.19. The van der Waals surface area contributed by atoms with Crippen LogP contribution in [0.15, 0.2) is 54.6 Å². The highest BCUT2D eigenvalue weighted by Gasteiger charge is 2.09. The molecule has 0 aliphatic carbocycles. The van der Waals surface area contributed by atoms with Crippen LogP contribution in [0.4, 0.5) is 0 Å². The van der Waals surface area contributed by atoms with Crippen LogP contribution in [0.1, 0.15) is 10.6 Å². The molecule has 118 valence electrons.